The Balaban J connectivity index is 1.48. The van der Waals surface area contributed by atoms with E-state index < -0.39 is 17.1 Å². The molecule has 0 saturated carbocycles. The van der Waals surface area contributed by atoms with Crippen LogP contribution in [0.15, 0.2) is 71.6 Å². The Kier molecular flexibility index (Phi) is 8.88. The number of anilines is 1. The van der Waals surface area contributed by atoms with E-state index >= 15 is 0 Å². The Bertz CT molecular complexity index is 1340. The fourth-order valence-corrected chi connectivity index (χ4v) is 5.19. The van der Waals surface area contributed by atoms with Gasteiger partial charge in [-0.05, 0) is 89.7 Å². The van der Waals surface area contributed by atoms with Crippen LogP contribution in [0.4, 0.5) is 10.5 Å². The number of hydrogen-bond acceptors (Lipinski definition) is 6. The summed E-state index contributed by atoms with van der Waals surface area (Å²) in [6, 6.07) is 20.7. The van der Waals surface area contributed by atoms with Gasteiger partial charge in [-0.1, -0.05) is 48.0 Å². The van der Waals surface area contributed by atoms with Crippen LogP contribution in [0.5, 0.6) is 11.5 Å². The molecule has 3 aromatic carbocycles. The normalized spacial score (nSPS) is 14.2. The number of nitrogens with zero attached hydrogens (tertiary/aromatic N) is 1. The van der Waals surface area contributed by atoms with Crippen molar-refractivity contribution in [2.75, 3.05) is 18.5 Å². The van der Waals surface area contributed by atoms with E-state index in [1.807, 2.05) is 62.4 Å². The number of nitrogens with one attached hydrogen (secondary N) is 1. The molecule has 9 heteroatoms. The standard InChI is InChI=1S/C28H25IN2O5S/c1-3-35-23-14-20(13-22(29)26(23)36-17-19-7-5-4-6-8-19)15-24-27(33)31(28(34)37-24)16-25(32)30-21-11-9-18(2)10-12-21/h4-15H,3,16-17H2,1-2H3,(H,30,32)/b24-15+. The fourth-order valence-electron chi connectivity index (χ4n) is 3.57. The third-order valence-corrected chi connectivity index (χ3v) is 7.07. The van der Waals surface area contributed by atoms with Gasteiger partial charge in [0.05, 0.1) is 15.1 Å². The van der Waals surface area contributed by atoms with E-state index in [0.717, 1.165) is 31.4 Å². The van der Waals surface area contributed by atoms with Gasteiger partial charge in [-0.25, -0.2) is 0 Å². The molecule has 190 valence electrons. The average Bonchev–Trinajstić information content (AvgIpc) is 3.13. The summed E-state index contributed by atoms with van der Waals surface area (Å²) in [6.45, 7) is 4.30. The molecule has 7 nitrogen and oxygen atoms in total. The van der Waals surface area contributed by atoms with Gasteiger partial charge in [-0.2, -0.15) is 0 Å². The van der Waals surface area contributed by atoms with Crippen molar-refractivity contribution < 1.29 is 23.9 Å². The highest BCUT2D eigenvalue weighted by Crippen LogP contribution is 2.38. The molecule has 4 rings (SSSR count). The summed E-state index contributed by atoms with van der Waals surface area (Å²) in [5.74, 6) is 0.213. The minimum absolute atomic E-state index is 0.240. The molecule has 0 unspecified atom stereocenters. The number of carbonyl (C=O) groups excluding carboxylic acids is 3. The predicted octanol–water partition coefficient (Wildman–Crippen LogP) is 6.25. The lowest BCUT2D eigenvalue weighted by molar-refractivity contribution is -0.127. The van der Waals surface area contributed by atoms with Gasteiger partial charge in [-0.3, -0.25) is 19.3 Å². The zero-order valence-electron chi connectivity index (χ0n) is 20.3. The number of ether oxygens (including phenoxy) is 2. The maximum Gasteiger partial charge on any atom is 0.294 e. The molecule has 1 fully saturated rings. The second-order valence-corrected chi connectivity index (χ2v) is 10.4. The maximum absolute atomic E-state index is 13.0. The van der Waals surface area contributed by atoms with Crippen LogP contribution >= 0.6 is 34.4 Å². The zero-order chi connectivity index (χ0) is 26.4. The number of thioether (sulfide) groups is 1. The van der Waals surface area contributed by atoms with E-state index in [-0.39, 0.29) is 11.4 Å². The maximum atomic E-state index is 13.0. The van der Waals surface area contributed by atoms with Crippen molar-refractivity contribution in [2.24, 2.45) is 0 Å². The second-order valence-electron chi connectivity index (χ2n) is 8.22. The Labute approximate surface area is 233 Å². The highest BCUT2D eigenvalue weighted by Gasteiger charge is 2.36. The molecule has 0 radical (unpaired) electrons. The van der Waals surface area contributed by atoms with Gasteiger partial charge in [0, 0.05) is 5.69 Å². The molecule has 37 heavy (non-hydrogen) atoms. The molecule has 0 atom stereocenters. The van der Waals surface area contributed by atoms with Crippen LogP contribution in [0.25, 0.3) is 6.08 Å². The Morgan fingerprint density at radius 1 is 1.05 bits per heavy atom. The number of rotatable bonds is 9. The van der Waals surface area contributed by atoms with E-state index in [0.29, 0.717) is 36.0 Å². The minimum Gasteiger partial charge on any atom is -0.490 e. The molecule has 3 aromatic rings. The summed E-state index contributed by atoms with van der Waals surface area (Å²) in [7, 11) is 0. The van der Waals surface area contributed by atoms with Crippen molar-refractivity contribution in [3.8, 4) is 11.5 Å². The van der Waals surface area contributed by atoms with Gasteiger partial charge in [0.2, 0.25) is 5.91 Å². The first-order chi connectivity index (χ1) is 17.8. The number of amides is 3. The van der Waals surface area contributed by atoms with E-state index in [4.69, 9.17) is 9.47 Å². The number of imide groups is 1. The fraction of sp³-hybridized carbons (Fsp3) is 0.179. The van der Waals surface area contributed by atoms with Crippen LogP contribution in [-0.4, -0.2) is 35.1 Å². The van der Waals surface area contributed by atoms with Crippen molar-refractivity contribution in [1.29, 1.82) is 0 Å². The summed E-state index contributed by atoms with van der Waals surface area (Å²) < 4.78 is 12.7. The minimum atomic E-state index is -0.508. The predicted molar refractivity (Wildman–Crippen MR) is 154 cm³/mol. The van der Waals surface area contributed by atoms with E-state index in [2.05, 4.69) is 27.9 Å². The first kappa shape index (κ1) is 26.7. The van der Waals surface area contributed by atoms with Gasteiger partial charge in [0.1, 0.15) is 13.2 Å². The molecule has 3 amide bonds. The quantitative estimate of drug-likeness (QED) is 0.223. The highest BCUT2D eigenvalue weighted by molar-refractivity contribution is 14.1. The summed E-state index contributed by atoms with van der Waals surface area (Å²) in [5, 5.41) is 2.23. The van der Waals surface area contributed by atoms with Gasteiger partial charge < -0.3 is 14.8 Å². The molecule has 0 aliphatic carbocycles. The first-order valence-corrected chi connectivity index (χ1v) is 13.5. The second kappa shape index (κ2) is 12.3. The molecule has 0 bridgehead atoms. The lowest BCUT2D eigenvalue weighted by Crippen LogP contribution is -2.36. The largest absolute Gasteiger partial charge is 0.490 e. The van der Waals surface area contributed by atoms with E-state index in [1.54, 1.807) is 24.3 Å². The number of aryl methyl sites for hydroxylation is 1. The zero-order valence-corrected chi connectivity index (χ0v) is 23.3. The van der Waals surface area contributed by atoms with Crippen molar-refractivity contribution in [3.05, 3.63) is 91.9 Å². The lowest BCUT2D eigenvalue weighted by atomic mass is 10.1. The molecule has 1 aliphatic heterocycles. The molecule has 1 N–H and O–H groups in total. The number of hydrogen-bond donors (Lipinski definition) is 1. The lowest BCUT2D eigenvalue weighted by Gasteiger charge is -2.15. The molecule has 0 spiro atoms. The Hall–Kier alpha value is -3.31. The van der Waals surface area contributed by atoms with Crippen molar-refractivity contribution >= 4 is 63.2 Å². The van der Waals surface area contributed by atoms with Crippen LogP contribution in [0.1, 0.15) is 23.6 Å². The highest BCUT2D eigenvalue weighted by atomic mass is 127. The molecule has 1 aliphatic rings. The Morgan fingerprint density at radius 2 is 1.78 bits per heavy atom. The van der Waals surface area contributed by atoms with Crippen molar-refractivity contribution in [3.63, 3.8) is 0 Å². The summed E-state index contributed by atoms with van der Waals surface area (Å²) in [5.41, 5.74) is 3.39. The smallest absolute Gasteiger partial charge is 0.294 e. The van der Waals surface area contributed by atoms with Crippen LogP contribution in [0.2, 0.25) is 0 Å². The topological polar surface area (TPSA) is 84.9 Å². The third-order valence-electron chi connectivity index (χ3n) is 5.37. The Morgan fingerprint density at radius 3 is 2.49 bits per heavy atom. The monoisotopic (exact) mass is 628 g/mol. The summed E-state index contributed by atoms with van der Waals surface area (Å²) in [4.78, 5) is 39.1. The molecule has 0 aromatic heterocycles. The third kappa shape index (κ3) is 6.92. The summed E-state index contributed by atoms with van der Waals surface area (Å²) >= 11 is 2.97. The van der Waals surface area contributed by atoms with E-state index in [1.165, 1.54) is 0 Å². The number of halogens is 1. The van der Waals surface area contributed by atoms with Crippen LogP contribution in [0.3, 0.4) is 0 Å². The molecule has 1 heterocycles. The van der Waals surface area contributed by atoms with Gasteiger partial charge in [0.25, 0.3) is 11.1 Å². The van der Waals surface area contributed by atoms with Crippen molar-refractivity contribution in [2.45, 2.75) is 20.5 Å². The van der Waals surface area contributed by atoms with Gasteiger partial charge in [-0.15, -0.1) is 0 Å². The molecule has 1 saturated heterocycles. The number of benzene rings is 3. The summed E-state index contributed by atoms with van der Waals surface area (Å²) in [6.07, 6.45) is 1.63. The van der Waals surface area contributed by atoms with Crippen LogP contribution in [-0.2, 0) is 16.2 Å². The number of carbonyl (C=O) groups is 3. The molecular formula is C28H25IN2O5S. The average molecular weight is 628 g/mol. The first-order valence-electron chi connectivity index (χ1n) is 11.6. The van der Waals surface area contributed by atoms with Gasteiger partial charge >= 0.3 is 0 Å². The van der Waals surface area contributed by atoms with Crippen molar-refractivity contribution in [1.82, 2.24) is 4.90 Å². The van der Waals surface area contributed by atoms with Crippen LogP contribution in [0, 0.1) is 10.5 Å². The molecular weight excluding hydrogens is 603 g/mol. The van der Waals surface area contributed by atoms with Crippen LogP contribution < -0.4 is 14.8 Å². The SMILES string of the molecule is CCOc1cc(/C=C2/SC(=O)N(CC(=O)Nc3ccc(C)cc3)C2=O)cc(I)c1OCc1ccccc1. The van der Waals surface area contributed by atoms with E-state index in [9.17, 15) is 14.4 Å². The van der Waals surface area contributed by atoms with Gasteiger partial charge in [0.15, 0.2) is 11.5 Å².